The van der Waals surface area contributed by atoms with Crippen LogP contribution in [0.2, 0.25) is 5.02 Å². The zero-order chi connectivity index (χ0) is 19.4. The molecule has 1 fully saturated rings. The maximum Gasteiger partial charge on any atom is 0.255 e. The Morgan fingerprint density at radius 2 is 1.70 bits per heavy atom. The van der Waals surface area contributed by atoms with E-state index in [-0.39, 0.29) is 17.7 Å². The van der Waals surface area contributed by atoms with Crippen molar-refractivity contribution >= 4 is 34.9 Å². The average Bonchev–Trinajstić information content (AvgIpc) is 2.68. The zero-order valence-electron chi connectivity index (χ0n) is 15.5. The molecule has 0 atom stereocenters. The van der Waals surface area contributed by atoms with Crippen LogP contribution in [-0.2, 0) is 4.79 Å². The van der Waals surface area contributed by atoms with E-state index in [1.165, 1.54) is 0 Å². The molecule has 1 aromatic carbocycles. The van der Waals surface area contributed by atoms with Crippen molar-refractivity contribution in [3.8, 4) is 0 Å². The number of piperazine rings is 1. The SMILES string of the molecule is CC(C)C(=O)N1CCN(c2ccc(NC(=O)c3ccc(Cl)cc3)cn2)CC1. The summed E-state index contributed by atoms with van der Waals surface area (Å²) in [6.07, 6.45) is 1.65. The molecule has 0 bridgehead atoms. The molecule has 142 valence electrons. The average molecular weight is 387 g/mol. The lowest BCUT2D eigenvalue weighted by Crippen LogP contribution is -2.50. The second-order valence-electron chi connectivity index (χ2n) is 6.83. The number of carbonyl (C=O) groups excluding carboxylic acids is 2. The Labute approximate surface area is 164 Å². The Morgan fingerprint density at radius 1 is 1.04 bits per heavy atom. The fourth-order valence-corrected chi connectivity index (χ4v) is 3.10. The molecule has 0 aliphatic carbocycles. The number of anilines is 2. The van der Waals surface area contributed by atoms with Crippen LogP contribution in [0, 0.1) is 5.92 Å². The van der Waals surface area contributed by atoms with Gasteiger partial charge < -0.3 is 15.1 Å². The number of benzene rings is 1. The summed E-state index contributed by atoms with van der Waals surface area (Å²) in [5.74, 6) is 0.860. The molecule has 2 heterocycles. The van der Waals surface area contributed by atoms with Crippen molar-refractivity contribution in [2.75, 3.05) is 36.4 Å². The van der Waals surface area contributed by atoms with Gasteiger partial charge in [-0.05, 0) is 36.4 Å². The molecular weight excluding hydrogens is 364 g/mol. The number of hydrogen-bond donors (Lipinski definition) is 1. The zero-order valence-corrected chi connectivity index (χ0v) is 16.2. The predicted octanol–water partition coefficient (Wildman–Crippen LogP) is 3.29. The Kier molecular flexibility index (Phi) is 5.96. The lowest BCUT2D eigenvalue weighted by Gasteiger charge is -2.36. The van der Waals surface area contributed by atoms with Crippen LogP contribution in [0.5, 0.6) is 0 Å². The number of rotatable bonds is 4. The summed E-state index contributed by atoms with van der Waals surface area (Å²) in [4.78, 5) is 32.8. The van der Waals surface area contributed by atoms with E-state index < -0.39 is 0 Å². The second kappa shape index (κ2) is 8.39. The number of amides is 2. The number of nitrogens with zero attached hydrogens (tertiary/aromatic N) is 3. The van der Waals surface area contributed by atoms with Crippen LogP contribution in [-0.4, -0.2) is 47.9 Å². The number of aromatic nitrogens is 1. The lowest BCUT2D eigenvalue weighted by atomic mass is 10.1. The van der Waals surface area contributed by atoms with E-state index in [0.717, 1.165) is 18.9 Å². The standard InChI is InChI=1S/C20H23ClN4O2/c1-14(2)20(27)25-11-9-24(10-12-25)18-8-7-17(13-22-18)23-19(26)15-3-5-16(21)6-4-15/h3-8,13-14H,9-12H2,1-2H3,(H,23,26). The maximum atomic E-state index is 12.2. The van der Waals surface area contributed by atoms with Crippen molar-refractivity contribution in [1.82, 2.24) is 9.88 Å². The van der Waals surface area contributed by atoms with E-state index in [4.69, 9.17) is 11.6 Å². The molecule has 1 aliphatic rings. The Bertz CT molecular complexity index is 798. The van der Waals surface area contributed by atoms with Gasteiger partial charge in [0.1, 0.15) is 5.82 Å². The molecule has 7 heteroatoms. The van der Waals surface area contributed by atoms with Crippen molar-refractivity contribution in [2.24, 2.45) is 5.92 Å². The minimum atomic E-state index is -0.206. The third-order valence-electron chi connectivity index (χ3n) is 4.52. The van der Waals surface area contributed by atoms with E-state index in [1.807, 2.05) is 30.9 Å². The molecule has 27 heavy (non-hydrogen) atoms. The minimum absolute atomic E-state index is 0.0261. The summed E-state index contributed by atoms with van der Waals surface area (Å²) in [6, 6.07) is 10.4. The van der Waals surface area contributed by atoms with Gasteiger partial charge in [0.25, 0.3) is 5.91 Å². The highest BCUT2D eigenvalue weighted by Crippen LogP contribution is 2.18. The summed E-state index contributed by atoms with van der Waals surface area (Å²) in [5.41, 5.74) is 1.17. The van der Waals surface area contributed by atoms with Crippen LogP contribution >= 0.6 is 11.6 Å². The van der Waals surface area contributed by atoms with Gasteiger partial charge in [0.15, 0.2) is 0 Å². The molecule has 6 nitrogen and oxygen atoms in total. The maximum absolute atomic E-state index is 12.2. The van der Waals surface area contributed by atoms with Crippen LogP contribution in [0.15, 0.2) is 42.6 Å². The molecule has 1 N–H and O–H groups in total. The van der Waals surface area contributed by atoms with Crippen molar-refractivity contribution in [3.63, 3.8) is 0 Å². The van der Waals surface area contributed by atoms with Gasteiger partial charge in [0.05, 0.1) is 11.9 Å². The fourth-order valence-electron chi connectivity index (χ4n) is 2.97. The largest absolute Gasteiger partial charge is 0.353 e. The molecule has 0 spiro atoms. The van der Waals surface area contributed by atoms with E-state index in [1.54, 1.807) is 30.5 Å². The van der Waals surface area contributed by atoms with Gasteiger partial charge in [-0.15, -0.1) is 0 Å². The summed E-state index contributed by atoms with van der Waals surface area (Å²) >= 11 is 5.84. The normalized spacial score (nSPS) is 14.4. The molecule has 3 rings (SSSR count). The molecule has 0 unspecified atom stereocenters. The van der Waals surface area contributed by atoms with Crippen molar-refractivity contribution in [3.05, 3.63) is 53.2 Å². The highest BCUT2D eigenvalue weighted by atomic mass is 35.5. The van der Waals surface area contributed by atoms with E-state index >= 15 is 0 Å². The minimum Gasteiger partial charge on any atom is -0.353 e. The third-order valence-corrected chi connectivity index (χ3v) is 4.77. The Hall–Kier alpha value is -2.60. The topological polar surface area (TPSA) is 65.5 Å². The monoisotopic (exact) mass is 386 g/mol. The Morgan fingerprint density at radius 3 is 2.26 bits per heavy atom. The highest BCUT2D eigenvalue weighted by Gasteiger charge is 2.23. The first-order valence-electron chi connectivity index (χ1n) is 9.01. The molecule has 1 aromatic heterocycles. The number of carbonyl (C=O) groups is 2. The molecule has 2 amide bonds. The van der Waals surface area contributed by atoms with Gasteiger partial charge in [-0.25, -0.2) is 4.98 Å². The fraction of sp³-hybridized carbons (Fsp3) is 0.350. The van der Waals surface area contributed by atoms with Gasteiger partial charge >= 0.3 is 0 Å². The predicted molar refractivity (Wildman–Crippen MR) is 107 cm³/mol. The first-order valence-corrected chi connectivity index (χ1v) is 9.38. The first kappa shape index (κ1) is 19.2. The van der Waals surface area contributed by atoms with Gasteiger partial charge in [0.2, 0.25) is 5.91 Å². The summed E-state index contributed by atoms with van der Waals surface area (Å²) in [7, 11) is 0. The van der Waals surface area contributed by atoms with Crippen molar-refractivity contribution in [2.45, 2.75) is 13.8 Å². The molecule has 0 radical (unpaired) electrons. The number of halogens is 1. The quantitative estimate of drug-likeness (QED) is 0.875. The van der Waals surface area contributed by atoms with E-state index in [2.05, 4.69) is 15.2 Å². The van der Waals surface area contributed by atoms with Gasteiger partial charge in [-0.2, -0.15) is 0 Å². The summed E-state index contributed by atoms with van der Waals surface area (Å²) in [5, 5.41) is 3.42. The van der Waals surface area contributed by atoms with Crippen LogP contribution in [0.1, 0.15) is 24.2 Å². The smallest absolute Gasteiger partial charge is 0.255 e. The third kappa shape index (κ3) is 4.77. The molecular formula is C20H23ClN4O2. The second-order valence-corrected chi connectivity index (χ2v) is 7.27. The van der Waals surface area contributed by atoms with Crippen LogP contribution < -0.4 is 10.2 Å². The molecule has 1 aliphatic heterocycles. The highest BCUT2D eigenvalue weighted by molar-refractivity contribution is 6.30. The number of pyridine rings is 1. The molecule has 2 aromatic rings. The van der Waals surface area contributed by atoms with Gasteiger partial charge in [-0.3, -0.25) is 9.59 Å². The first-order chi connectivity index (χ1) is 12.9. The molecule has 1 saturated heterocycles. The van der Waals surface area contributed by atoms with Crippen LogP contribution in [0.4, 0.5) is 11.5 Å². The number of hydrogen-bond acceptors (Lipinski definition) is 4. The number of nitrogens with one attached hydrogen (secondary N) is 1. The van der Waals surface area contributed by atoms with Crippen molar-refractivity contribution < 1.29 is 9.59 Å². The van der Waals surface area contributed by atoms with Crippen LogP contribution in [0.3, 0.4) is 0 Å². The summed E-state index contributed by atoms with van der Waals surface area (Å²) < 4.78 is 0. The van der Waals surface area contributed by atoms with Crippen LogP contribution in [0.25, 0.3) is 0 Å². The van der Waals surface area contributed by atoms with Crippen molar-refractivity contribution in [1.29, 1.82) is 0 Å². The lowest BCUT2D eigenvalue weighted by molar-refractivity contribution is -0.134. The summed E-state index contributed by atoms with van der Waals surface area (Å²) in [6.45, 7) is 6.76. The Balaban J connectivity index is 1.57. The van der Waals surface area contributed by atoms with E-state index in [0.29, 0.717) is 29.4 Å². The van der Waals surface area contributed by atoms with Gasteiger partial charge in [0, 0.05) is 42.7 Å². The molecule has 0 saturated carbocycles. The van der Waals surface area contributed by atoms with E-state index in [9.17, 15) is 9.59 Å². The van der Waals surface area contributed by atoms with Gasteiger partial charge in [-0.1, -0.05) is 25.4 Å².